The van der Waals surface area contributed by atoms with Gasteiger partial charge in [0.15, 0.2) is 6.61 Å². The summed E-state index contributed by atoms with van der Waals surface area (Å²) < 4.78 is 5.54. The summed E-state index contributed by atoms with van der Waals surface area (Å²) in [6.45, 7) is 1.86. The van der Waals surface area contributed by atoms with E-state index in [2.05, 4.69) is 10.6 Å². The number of hydrogen-bond donors (Lipinski definition) is 2. The van der Waals surface area contributed by atoms with Crippen molar-refractivity contribution < 1.29 is 14.3 Å². The molecule has 0 aromatic heterocycles. The molecule has 0 saturated heterocycles. The van der Waals surface area contributed by atoms with Gasteiger partial charge in [0, 0.05) is 22.3 Å². The van der Waals surface area contributed by atoms with Gasteiger partial charge in [0.2, 0.25) is 0 Å². The van der Waals surface area contributed by atoms with Crippen LogP contribution in [-0.4, -0.2) is 24.5 Å². The molecule has 6 heteroatoms. The molecule has 2 N–H and O–H groups in total. The third-order valence-electron chi connectivity index (χ3n) is 4.89. The molecule has 2 aromatic carbocycles. The monoisotopic (exact) mass is 400 g/mol. The summed E-state index contributed by atoms with van der Waals surface area (Å²) in [5.74, 6) is 0.233. The molecule has 0 spiro atoms. The molecular formula is C22H25ClN2O3. The van der Waals surface area contributed by atoms with E-state index in [1.54, 1.807) is 42.5 Å². The second-order valence-electron chi connectivity index (χ2n) is 7.13. The molecule has 0 radical (unpaired) electrons. The quantitative estimate of drug-likeness (QED) is 0.736. The maximum atomic E-state index is 12.4. The maximum absolute atomic E-state index is 12.4. The average Bonchev–Trinajstić information content (AvgIpc) is 2.69. The van der Waals surface area contributed by atoms with Crippen molar-refractivity contribution in [2.75, 3.05) is 11.9 Å². The number of carbonyl (C=O) groups excluding carboxylic acids is 2. The molecule has 0 heterocycles. The van der Waals surface area contributed by atoms with Crippen molar-refractivity contribution in [3.05, 3.63) is 58.6 Å². The first-order chi connectivity index (χ1) is 13.5. The van der Waals surface area contributed by atoms with E-state index in [-0.39, 0.29) is 24.5 Å². The zero-order valence-electron chi connectivity index (χ0n) is 16.0. The van der Waals surface area contributed by atoms with Gasteiger partial charge in [0.25, 0.3) is 11.8 Å². The highest BCUT2D eigenvalue weighted by atomic mass is 35.5. The summed E-state index contributed by atoms with van der Waals surface area (Å²) >= 11 is 5.94. The third-order valence-corrected chi connectivity index (χ3v) is 5.13. The van der Waals surface area contributed by atoms with Crippen LogP contribution in [0.25, 0.3) is 0 Å². The topological polar surface area (TPSA) is 67.4 Å². The van der Waals surface area contributed by atoms with Crippen LogP contribution in [0.5, 0.6) is 5.75 Å². The van der Waals surface area contributed by atoms with Gasteiger partial charge in [-0.25, -0.2) is 0 Å². The van der Waals surface area contributed by atoms with Crippen molar-refractivity contribution in [2.24, 2.45) is 0 Å². The Balaban J connectivity index is 1.49. The lowest BCUT2D eigenvalue weighted by atomic mass is 9.95. The molecule has 0 unspecified atom stereocenters. The summed E-state index contributed by atoms with van der Waals surface area (Å²) in [5.41, 5.74) is 2.12. The lowest BCUT2D eigenvalue weighted by molar-refractivity contribution is -0.124. The molecule has 3 rings (SSSR count). The van der Waals surface area contributed by atoms with E-state index in [0.29, 0.717) is 22.0 Å². The molecule has 0 atom stereocenters. The van der Waals surface area contributed by atoms with Crippen LogP contribution < -0.4 is 15.4 Å². The minimum atomic E-state index is -0.216. The number of halogens is 1. The van der Waals surface area contributed by atoms with Crippen molar-refractivity contribution in [3.63, 3.8) is 0 Å². The fourth-order valence-corrected chi connectivity index (χ4v) is 3.56. The molecule has 1 aliphatic rings. The summed E-state index contributed by atoms with van der Waals surface area (Å²) in [5, 5.41) is 6.51. The first kappa shape index (κ1) is 20.2. The molecule has 148 valence electrons. The van der Waals surface area contributed by atoms with E-state index in [9.17, 15) is 9.59 Å². The van der Waals surface area contributed by atoms with Gasteiger partial charge in [-0.2, -0.15) is 0 Å². The average molecular weight is 401 g/mol. The van der Waals surface area contributed by atoms with Gasteiger partial charge in [0.05, 0.1) is 0 Å². The second kappa shape index (κ2) is 9.60. The first-order valence-corrected chi connectivity index (χ1v) is 9.99. The number of nitrogens with one attached hydrogen (secondary N) is 2. The van der Waals surface area contributed by atoms with Crippen molar-refractivity contribution in [1.82, 2.24) is 5.32 Å². The van der Waals surface area contributed by atoms with Crippen molar-refractivity contribution in [2.45, 2.75) is 45.1 Å². The van der Waals surface area contributed by atoms with Crippen LogP contribution in [0.15, 0.2) is 42.5 Å². The number of amides is 2. The Morgan fingerprint density at radius 1 is 1.07 bits per heavy atom. The first-order valence-electron chi connectivity index (χ1n) is 9.61. The Bertz CT molecular complexity index is 830. The number of hydrogen-bond acceptors (Lipinski definition) is 3. The minimum absolute atomic E-state index is 0.0218. The SMILES string of the molecule is Cc1cc(Cl)ccc1NC(=O)c1ccc(OCC(=O)NC2CCCCC2)cc1. The van der Waals surface area contributed by atoms with Crippen LogP contribution in [0.4, 0.5) is 5.69 Å². The summed E-state index contributed by atoms with van der Waals surface area (Å²) in [6.07, 6.45) is 5.68. The van der Waals surface area contributed by atoms with E-state index < -0.39 is 0 Å². The number of carbonyl (C=O) groups is 2. The number of rotatable bonds is 6. The Morgan fingerprint density at radius 2 is 1.79 bits per heavy atom. The summed E-state index contributed by atoms with van der Waals surface area (Å²) in [7, 11) is 0. The predicted octanol–water partition coefficient (Wildman–Crippen LogP) is 4.73. The van der Waals surface area contributed by atoms with Gasteiger partial charge in [0.1, 0.15) is 5.75 Å². The maximum Gasteiger partial charge on any atom is 0.258 e. The van der Waals surface area contributed by atoms with Gasteiger partial charge in [-0.15, -0.1) is 0 Å². The van der Waals surface area contributed by atoms with Crippen molar-refractivity contribution >= 4 is 29.1 Å². The Kier molecular flexibility index (Phi) is 6.93. The molecule has 28 heavy (non-hydrogen) atoms. The number of anilines is 1. The molecule has 1 saturated carbocycles. The zero-order valence-corrected chi connectivity index (χ0v) is 16.7. The molecule has 2 amide bonds. The summed E-state index contributed by atoms with van der Waals surface area (Å²) in [4.78, 5) is 24.4. The van der Waals surface area contributed by atoms with E-state index in [1.165, 1.54) is 19.3 Å². The van der Waals surface area contributed by atoms with Crippen LogP contribution in [0.2, 0.25) is 5.02 Å². The standard InChI is InChI=1S/C22H25ClN2O3/c1-15-13-17(23)9-12-20(15)25-22(27)16-7-10-19(11-8-16)28-14-21(26)24-18-5-3-2-4-6-18/h7-13,18H,2-6,14H2,1H3,(H,24,26)(H,25,27). The van der Waals surface area contributed by atoms with Crippen molar-refractivity contribution in [1.29, 1.82) is 0 Å². The van der Waals surface area contributed by atoms with E-state index in [4.69, 9.17) is 16.3 Å². The van der Waals surface area contributed by atoms with Gasteiger partial charge < -0.3 is 15.4 Å². The van der Waals surface area contributed by atoms with Gasteiger partial charge >= 0.3 is 0 Å². The van der Waals surface area contributed by atoms with Gasteiger partial charge in [-0.05, 0) is 67.8 Å². The smallest absolute Gasteiger partial charge is 0.258 e. The Hall–Kier alpha value is -2.53. The lowest BCUT2D eigenvalue weighted by Gasteiger charge is -2.22. The molecule has 0 aliphatic heterocycles. The highest BCUT2D eigenvalue weighted by molar-refractivity contribution is 6.30. The zero-order chi connectivity index (χ0) is 19.9. The van der Waals surface area contributed by atoms with Crippen molar-refractivity contribution in [3.8, 4) is 5.75 Å². The molecule has 2 aromatic rings. The predicted molar refractivity (Wildman–Crippen MR) is 111 cm³/mol. The largest absolute Gasteiger partial charge is 0.484 e. The molecule has 1 fully saturated rings. The molecule has 5 nitrogen and oxygen atoms in total. The molecular weight excluding hydrogens is 376 g/mol. The van der Waals surface area contributed by atoms with Gasteiger partial charge in [-0.3, -0.25) is 9.59 Å². The highest BCUT2D eigenvalue weighted by Crippen LogP contribution is 2.21. The molecule has 0 bridgehead atoms. The highest BCUT2D eigenvalue weighted by Gasteiger charge is 2.16. The Labute approximate surface area is 170 Å². The Morgan fingerprint density at radius 3 is 2.46 bits per heavy atom. The van der Waals surface area contributed by atoms with E-state index in [0.717, 1.165) is 18.4 Å². The number of aryl methyl sites for hydroxylation is 1. The lowest BCUT2D eigenvalue weighted by Crippen LogP contribution is -2.38. The second-order valence-corrected chi connectivity index (χ2v) is 7.57. The van der Waals surface area contributed by atoms with Crippen LogP contribution >= 0.6 is 11.6 Å². The molecule has 1 aliphatic carbocycles. The number of ether oxygens (including phenoxy) is 1. The van der Waals surface area contributed by atoms with Gasteiger partial charge in [-0.1, -0.05) is 30.9 Å². The van der Waals surface area contributed by atoms with Crippen LogP contribution in [0.1, 0.15) is 48.0 Å². The summed E-state index contributed by atoms with van der Waals surface area (Å²) in [6, 6.07) is 12.3. The van der Waals surface area contributed by atoms with Crippen LogP contribution in [0.3, 0.4) is 0 Å². The third kappa shape index (κ3) is 5.73. The fourth-order valence-electron chi connectivity index (χ4n) is 3.33. The van der Waals surface area contributed by atoms with E-state index in [1.807, 2.05) is 6.92 Å². The van der Waals surface area contributed by atoms with E-state index >= 15 is 0 Å². The minimum Gasteiger partial charge on any atom is -0.484 e. The number of benzene rings is 2. The fraction of sp³-hybridized carbons (Fsp3) is 0.364. The normalized spacial score (nSPS) is 14.4. The van der Waals surface area contributed by atoms with Crippen LogP contribution in [-0.2, 0) is 4.79 Å². The van der Waals surface area contributed by atoms with Crippen LogP contribution in [0, 0.1) is 6.92 Å².